The molecule has 3 heterocycles. The normalized spacial score (nSPS) is 15.4. The standard InChI is InChI=1S/C55H46N4O/c1-37-17-14-28-50-53(37)58(54-45(39-18-8-6-9-19-39)25-16-26-46(54)40-20-10-7-11-21-40)36-57(50)42-22-15-23-43(34-42)60-44-29-30-48-47-24-12-13-27-49(47)59(51(48)35-44)52-33-41(31-32-56-52)38(2)55(3,4)5/h6-35,38H,1-5H3/i6D,7D,8D,9D,10D,11D,18D,19D,20D,21D,38D. The van der Waals surface area contributed by atoms with Crippen molar-refractivity contribution in [2.24, 2.45) is 5.41 Å². The number of nitrogens with zero attached hydrogens (tertiary/aromatic N) is 4. The highest BCUT2D eigenvalue weighted by Gasteiger charge is 2.24. The summed E-state index contributed by atoms with van der Waals surface area (Å²) in [6.07, 6.45) is 5.23. The van der Waals surface area contributed by atoms with Gasteiger partial charge in [0.25, 0.3) is 6.33 Å². The van der Waals surface area contributed by atoms with Gasteiger partial charge in [-0.15, -0.1) is 0 Å². The molecule has 0 aliphatic carbocycles. The van der Waals surface area contributed by atoms with Crippen molar-refractivity contribution < 1.29 is 24.4 Å². The third-order valence-corrected chi connectivity index (χ3v) is 11.2. The van der Waals surface area contributed by atoms with Crippen molar-refractivity contribution in [2.45, 2.75) is 40.5 Å². The van der Waals surface area contributed by atoms with Crippen LogP contribution in [0.4, 0.5) is 0 Å². The number of aryl methyl sites for hydroxylation is 1. The summed E-state index contributed by atoms with van der Waals surface area (Å²) in [5.41, 5.74) is 5.18. The summed E-state index contributed by atoms with van der Waals surface area (Å²) in [4.78, 5) is 4.82. The van der Waals surface area contributed by atoms with Crippen LogP contribution >= 0.6 is 0 Å². The maximum atomic E-state index is 9.34. The van der Waals surface area contributed by atoms with Crippen LogP contribution in [0.2, 0.25) is 0 Å². The van der Waals surface area contributed by atoms with E-state index in [1.54, 1.807) is 33.5 Å². The Bertz CT molecular complexity index is 3710. The number of hydrogen-bond donors (Lipinski definition) is 0. The first kappa shape index (κ1) is 26.7. The Kier molecular flexibility index (Phi) is 6.61. The van der Waals surface area contributed by atoms with E-state index in [9.17, 15) is 1.37 Å². The van der Waals surface area contributed by atoms with Gasteiger partial charge in [0.15, 0.2) is 0 Å². The van der Waals surface area contributed by atoms with Gasteiger partial charge in [0.1, 0.15) is 17.3 Å². The van der Waals surface area contributed by atoms with Crippen LogP contribution in [0.3, 0.4) is 0 Å². The number of imidazole rings is 1. The van der Waals surface area contributed by atoms with E-state index < -0.39 is 66.3 Å². The van der Waals surface area contributed by atoms with Crippen LogP contribution in [0, 0.1) is 18.7 Å². The molecule has 10 aromatic rings. The third kappa shape index (κ3) is 6.53. The van der Waals surface area contributed by atoms with Crippen LogP contribution in [-0.4, -0.2) is 14.1 Å². The Balaban J connectivity index is 1.15. The van der Waals surface area contributed by atoms with E-state index >= 15 is 0 Å². The van der Waals surface area contributed by atoms with Crippen LogP contribution in [0.15, 0.2) is 182 Å². The van der Waals surface area contributed by atoms with Crippen LogP contribution in [0.25, 0.3) is 72.3 Å². The Hall–Kier alpha value is -7.24. The summed E-state index contributed by atoms with van der Waals surface area (Å²) in [5.74, 6) is 0.826. The lowest BCUT2D eigenvalue weighted by molar-refractivity contribution is -0.571. The Morgan fingerprint density at radius 2 is 1.33 bits per heavy atom. The first-order valence-electron chi connectivity index (χ1n) is 25.2. The van der Waals surface area contributed by atoms with E-state index in [4.69, 9.17) is 23.4 Å². The van der Waals surface area contributed by atoms with Crippen molar-refractivity contribution in [3.8, 4) is 50.9 Å². The zero-order valence-electron chi connectivity index (χ0n) is 44.7. The molecule has 3 aromatic heterocycles. The summed E-state index contributed by atoms with van der Waals surface area (Å²) in [5, 5.41) is 2.03. The fraction of sp³-hybridized carbons (Fsp3) is 0.127. The highest BCUT2D eigenvalue weighted by molar-refractivity contribution is 6.09. The van der Waals surface area contributed by atoms with Crippen LogP contribution in [0.5, 0.6) is 11.5 Å². The number of fused-ring (bicyclic) bond motifs is 4. The molecule has 60 heavy (non-hydrogen) atoms. The monoisotopic (exact) mass is 789 g/mol. The highest BCUT2D eigenvalue weighted by Crippen LogP contribution is 2.39. The van der Waals surface area contributed by atoms with Crippen LogP contribution < -0.4 is 9.30 Å². The lowest BCUT2D eigenvalue weighted by Crippen LogP contribution is -2.32. The van der Waals surface area contributed by atoms with Crippen molar-refractivity contribution in [3.05, 3.63) is 199 Å². The van der Waals surface area contributed by atoms with Crippen molar-refractivity contribution in [1.29, 1.82) is 0 Å². The minimum atomic E-state index is -0.899. The van der Waals surface area contributed by atoms with Crippen LogP contribution in [-0.2, 0) is 0 Å². The lowest BCUT2D eigenvalue weighted by Gasteiger charge is -2.27. The molecular formula is C55H46N4O. The SMILES string of the molecule is [2H]c1c([2H])c([2H])c(-c2cccc(-c3c([2H])c([2H])c([2H])c([2H])c3[2H])c2-[n+]2[c-]n(-c3cccc(Oc4ccc5c6ccccc6n(-c6cc(C([2H])(C)C(C)(C)C)ccn6)c5c4)c3)c3cccc(C)c32)c([2H])c1[2H]. The van der Waals surface area contributed by atoms with E-state index in [-0.39, 0.29) is 33.4 Å². The molecule has 0 saturated carbocycles. The molecule has 0 saturated heterocycles. The Morgan fingerprint density at radius 3 is 2.07 bits per heavy atom. The summed E-state index contributed by atoms with van der Waals surface area (Å²) in [6.45, 7) is 10.0. The molecule has 0 fully saturated rings. The smallest absolute Gasteiger partial charge is 0.269 e. The second-order valence-electron chi connectivity index (χ2n) is 15.8. The van der Waals surface area contributed by atoms with Gasteiger partial charge < -0.3 is 4.74 Å². The third-order valence-electron chi connectivity index (χ3n) is 11.2. The molecule has 5 heteroatoms. The van der Waals surface area contributed by atoms with Crippen LogP contribution in [0.1, 0.15) is 59.8 Å². The Labute approximate surface area is 366 Å². The van der Waals surface area contributed by atoms with Gasteiger partial charge in [-0.05, 0) is 100 Å². The van der Waals surface area contributed by atoms with E-state index in [2.05, 4.69) is 43.8 Å². The van der Waals surface area contributed by atoms with Gasteiger partial charge in [-0.1, -0.05) is 149 Å². The first-order chi connectivity index (χ1) is 33.7. The quantitative estimate of drug-likeness (QED) is 0.114. The minimum Gasteiger partial charge on any atom is -0.458 e. The van der Waals surface area contributed by atoms with Crippen molar-refractivity contribution in [3.63, 3.8) is 0 Å². The van der Waals surface area contributed by atoms with Crippen molar-refractivity contribution >= 4 is 32.8 Å². The van der Waals surface area contributed by atoms with Gasteiger partial charge in [0.2, 0.25) is 0 Å². The first-order valence-corrected chi connectivity index (χ1v) is 19.7. The maximum absolute atomic E-state index is 9.34. The Morgan fingerprint density at radius 1 is 0.683 bits per heavy atom. The van der Waals surface area contributed by atoms with Gasteiger partial charge in [0, 0.05) is 24.4 Å². The second-order valence-corrected chi connectivity index (χ2v) is 15.8. The predicted molar refractivity (Wildman–Crippen MR) is 246 cm³/mol. The summed E-state index contributed by atoms with van der Waals surface area (Å²) in [6, 6.07) is 30.6. The van der Waals surface area contributed by atoms with E-state index in [1.807, 2.05) is 98.8 Å². The average molecular weight is 790 g/mol. The fourth-order valence-corrected chi connectivity index (χ4v) is 7.92. The molecule has 292 valence electrons. The predicted octanol–water partition coefficient (Wildman–Crippen LogP) is 13.8. The molecule has 0 aliphatic heterocycles. The maximum Gasteiger partial charge on any atom is 0.269 e. The molecule has 0 bridgehead atoms. The molecule has 0 aliphatic rings. The minimum absolute atomic E-state index is 0.134. The molecule has 0 spiro atoms. The summed E-state index contributed by atoms with van der Waals surface area (Å²) >= 11 is 0. The fourth-order valence-electron chi connectivity index (χ4n) is 7.92. The lowest BCUT2D eigenvalue weighted by atomic mass is 9.78. The zero-order valence-corrected chi connectivity index (χ0v) is 33.7. The molecule has 1 unspecified atom stereocenters. The van der Waals surface area contributed by atoms with E-state index in [0.29, 0.717) is 34.0 Å². The largest absolute Gasteiger partial charge is 0.458 e. The molecule has 0 N–H and O–H groups in total. The number of para-hydroxylation sites is 3. The number of rotatable bonds is 8. The summed E-state index contributed by atoms with van der Waals surface area (Å²) in [7, 11) is 0. The number of ether oxygens (including phenoxy) is 1. The van der Waals surface area contributed by atoms with Gasteiger partial charge >= 0.3 is 0 Å². The van der Waals surface area contributed by atoms with Gasteiger partial charge in [-0.2, -0.15) is 0 Å². The molecule has 0 radical (unpaired) electrons. The number of hydrogen-bond acceptors (Lipinski definition) is 2. The highest BCUT2D eigenvalue weighted by atomic mass is 16.5. The van der Waals surface area contributed by atoms with Gasteiger partial charge in [0.05, 0.1) is 47.1 Å². The number of pyridine rings is 1. The van der Waals surface area contributed by atoms with E-state index in [0.717, 1.165) is 32.9 Å². The van der Waals surface area contributed by atoms with Crippen molar-refractivity contribution in [2.75, 3.05) is 0 Å². The second kappa shape index (κ2) is 14.9. The molecular weight excluding hydrogens is 733 g/mol. The molecule has 1 atom stereocenters. The van der Waals surface area contributed by atoms with Gasteiger partial charge in [-0.3, -0.25) is 13.7 Å². The topological polar surface area (TPSA) is 35.9 Å². The number of benzene rings is 7. The molecule has 7 aromatic carbocycles. The van der Waals surface area contributed by atoms with Gasteiger partial charge in [-0.25, -0.2) is 4.98 Å². The number of aromatic nitrogens is 4. The van der Waals surface area contributed by atoms with Crippen molar-refractivity contribution in [1.82, 2.24) is 14.1 Å². The zero-order chi connectivity index (χ0) is 50.6. The average Bonchev–Trinajstić information content (AvgIpc) is 3.90. The molecule has 5 nitrogen and oxygen atoms in total. The molecule has 10 rings (SSSR count). The van der Waals surface area contributed by atoms with E-state index in [1.165, 1.54) is 0 Å². The molecule has 0 amide bonds. The summed E-state index contributed by atoms with van der Waals surface area (Å²) < 4.78 is 109.